The highest BCUT2D eigenvalue weighted by molar-refractivity contribution is 5.88. The number of carbonyl (C=O) groups is 1. The lowest BCUT2D eigenvalue weighted by Crippen LogP contribution is -2.65. The maximum Gasteiger partial charge on any atom is 0.303 e. The van der Waals surface area contributed by atoms with Crippen LogP contribution in [0.15, 0.2) is 45.6 Å². The largest absolute Gasteiger partial charge is 0.508 e. The Hall–Kier alpha value is -4.20. The van der Waals surface area contributed by atoms with Crippen molar-refractivity contribution in [2.24, 2.45) is 0 Å². The fourth-order valence-electron chi connectivity index (χ4n) is 6.60. The summed E-state index contributed by atoms with van der Waals surface area (Å²) >= 11 is 0. The molecule has 21 heteroatoms. The number of aliphatic hydroxyl groups excluding tert-OH is 8. The molecule has 15 atom stereocenters. The van der Waals surface area contributed by atoms with Crippen molar-refractivity contribution in [2.45, 2.75) is 106 Å². The van der Waals surface area contributed by atoms with Crippen molar-refractivity contribution in [3.05, 3.63) is 46.6 Å². The predicted molar refractivity (Wildman–Crippen MR) is 181 cm³/mol. The Morgan fingerprint density at radius 2 is 1.36 bits per heavy atom. The minimum atomic E-state index is -2.07. The number of hydrogen-bond donors (Lipinski definition) is 11. The Balaban J connectivity index is 1.38. The number of phenolic OH excluding ortho intramolecular Hbond substituents is 3. The van der Waals surface area contributed by atoms with Gasteiger partial charge in [-0.15, -0.1) is 0 Å². The fourth-order valence-corrected chi connectivity index (χ4v) is 6.60. The molecule has 56 heavy (non-hydrogen) atoms. The van der Waals surface area contributed by atoms with Crippen LogP contribution in [0.2, 0.25) is 0 Å². The van der Waals surface area contributed by atoms with E-state index in [1.807, 2.05) is 0 Å². The molecule has 0 saturated carbocycles. The van der Waals surface area contributed by atoms with Gasteiger partial charge in [0.25, 0.3) is 0 Å². The molecule has 0 radical (unpaired) electrons. The van der Waals surface area contributed by atoms with Crippen LogP contribution >= 0.6 is 0 Å². The number of fused-ring (bicyclic) bond motifs is 1. The average Bonchev–Trinajstić information content (AvgIpc) is 3.15. The fraction of sp³-hybridized carbons (Fsp3) is 0.543. The molecular weight excluding hydrogens is 756 g/mol. The molecule has 0 bridgehead atoms. The Bertz CT molecular complexity index is 1900. The molecule has 11 N–H and O–H groups in total. The lowest BCUT2D eigenvalue weighted by Gasteiger charge is -2.46. The van der Waals surface area contributed by atoms with Crippen LogP contribution < -0.4 is 10.2 Å². The lowest BCUT2D eigenvalue weighted by molar-refractivity contribution is -0.360. The van der Waals surface area contributed by atoms with Crippen molar-refractivity contribution in [2.75, 3.05) is 13.2 Å². The quantitative estimate of drug-likeness (QED) is 0.0911. The summed E-state index contributed by atoms with van der Waals surface area (Å²) in [4.78, 5) is 25.7. The van der Waals surface area contributed by atoms with Crippen molar-refractivity contribution in [3.63, 3.8) is 0 Å². The van der Waals surface area contributed by atoms with Gasteiger partial charge in [-0.1, -0.05) is 0 Å². The highest BCUT2D eigenvalue weighted by Crippen LogP contribution is 2.39. The Kier molecular flexibility index (Phi) is 12.4. The van der Waals surface area contributed by atoms with Gasteiger partial charge >= 0.3 is 5.97 Å². The second kappa shape index (κ2) is 16.7. The zero-order valence-corrected chi connectivity index (χ0v) is 29.5. The molecule has 21 nitrogen and oxygen atoms in total. The third kappa shape index (κ3) is 8.13. The first-order chi connectivity index (χ1) is 26.5. The number of hydrogen-bond acceptors (Lipinski definition) is 21. The Labute approximate surface area is 315 Å². The molecule has 0 amide bonds. The van der Waals surface area contributed by atoms with Crippen molar-refractivity contribution in [3.8, 4) is 34.3 Å². The average molecular weight is 799 g/mol. The summed E-state index contributed by atoms with van der Waals surface area (Å²) in [6.07, 6.45) is -26.1. The van der Waals surface area contributed by atoms with E-state index in [9.17, 15) is 65.8 Å². The molecule has 3 fully saturated rings. The van der Waals surface area contributed by atoms with E-state index in [1.165, 1.54) is 31.2 Å². The normalized spacial score (nSPS) is 36.3. The third-order valence-electron chi connectivity index (χ3n) is 9.57. The van der Waals surface area contributed by atoms with Gasteiger partial charge in [-0.3, -0.25) is 9.59 Å². The van der Waals surface area contributed by atoms with Crippen LogP contribution in [0, 0.1) is 0 Å². The number of ether oxygens (including phenoxy) is 7. The van der Waals surface area contributed by atoms with Gasteiger partial charge in [0.05, 0.1) is 19.3 Å². The summed E-state index contributed by atoms with van der Waals surface area (Å²) in [5.41, 5.74) is -1.24. The summed E-state index contributed by atoms with van der Waals surface area (Å²) in [6.45, 7) is 0.922. The molecule has 4 heterocycles. The van der Waals surface area contributed by atoms with Crippen LogP contribution in [0.5, 0.6) is 23.0 Å². The zero-order chi connectivity index (χ0) is 40.7. The molecular formula is C35H42O21. The van der Waals surface area contributed by atoms with E-state index in [1.54, 1.807) is 0 Å². The van der Waals surface area contributed by atoms with Gasteiger partial charge in [-0.25, -0.2) is 0 Å². The van der Waals surface area contributed by atoms with E-state index < -0.39 is 139 Å². The molecule has 2 aromatic carbocycles. The molecule has 3 saturated heterocycles. The SMILES string of the molecule is CC(=O)OC1C(C)OC(OC2C(Oc3c(-c4ccc(O)cc4)oc4cc(O)cc(O)c4c3=O)OC(COC3OC(CO)C(O)C(O)C3O)C(O)C2O)C(O)C1O. The molecule has 0 aliphatic carbocycles. The van der Waals surface area contributed by atoms with Crippen molar-refractivity contribution < 1.29 is 98.5 Å². The number of benzene rings is 2. The highest BCUT2D eigenvalue weighted by atomic mass is 16.8. The summed E-state index contributed by atoms with van der Waals surface area (Å²) in [5.74, 6) is -3.21. The Morgan fingerprint density at radius 3 is 2.02 bits per heavy atom. The van der Waals surface area contributed by atoms with Gasteiger partial charge in [-0.2, -0.15) is 0 Å². The molecule has 0 spiro atoms. The molecule has 3 aliphatic heterocycles. The zero-order valence-electron chi connectivity index (χ0n) is 29.5. The summed E-state index contributed by atoms with van der Waals surface area (Å²) in [7, 11) is 0. The van der Waals surface area contributed by atoms with E-state index in [-0.39, 0.29) is 22.7 Å². The maximum atomic E-state index is 14.1. The molecule has 6 rings (SSSR count). The first kappa shape index (κ1) is 41.4. The third-order valence-corrected chi connectivity index (χ3v) is 9.57. The molecule has 3 aromatic rings. The van der Waals surface area contributed by atoms with E-state index in [4.69, 9.17) is 37.6 Å². The van der Waals surface area contributed by atoms with Gasteiger partial charge in [0, 0.05) is 24.6 Å². The number of carbonyl (C=O) groups excluding carboxylic acids is 1. The van der Waals surface area contributed by atoms with Crippen molar-refractivity contribution in [1.82, 2.24) is 0 Å². The second-order valence-electron chi connectivity index (χ2n) is 13.5. The topological polar surface area (TPSA) is 334 Å². The van der Waals surface area contributed by atoms with Gasteiger partial charge in [0.1, 0.15) is 83.2 Å². The van der Waals surface area contributed by atoms with Crippen molar-refractivity contribution >= 4 is 16.9 Å². The van der Waals surface area contributed by atoms with Crippen LogP contribution in [0.25, 0.3) is 22.3 Å². The van der Waals surface area contributed by atoms with E-state index >= 15 is 0 Å². The first-order valence-corrected chi connectivity index (χ1v) is 17.3. The van der Waals surface area contributed by atoms with Crippen LogP contribution in [0.4, 0.5) is 0 Å². The molecule has 1 aromatic heterocycles. The summed E-state index contributed by atoms with van der Waals surface area (Å²) in [6, 6.07) is 7.05. The van der Waals surface area contributed by atoms with E-state index in [0.29, 0.717) is 0 Å². The standard InChI is InChI=1S/C35H42O21/c1-11-29(51-12(2)37)26(46)28(48)34(50-11)56-32-25(45)22(42)19(10-49-33-27(47)24(44)21(41)18(9-36)53-33)54-35(32)55-31-23(43)20-16(40)7-15(39)8-17(20)52-30(31)13-3-5-14(38)6-4-13/h3-8,11,18-19,21-22,24-29,32-36,38-42,44-48H,9-10H2,1-2H3. The van der Waals surface area contributed by atoms with Crippen LogP contribution in [-0.2, 0) is 33.2 Å². The maximum absolute atomic E-state index is 14.1. The van der Waals surface area contributed by atoms with Gasteiger partial charge in [-0.05, 0) is 31.2 Å². The number of aliphatic hydroxyl groups is 8. The van der Waals surface area contributed by atoms with Crippen molar-refractivity contribution in [1.29, 1.82) is 0 Å². The molecule has 15 unspecified atom stereocenters. The van der Waals surface area contributed by atoms with E-state index in [2.05, 4.69) is 0 Å². The van der Waals surface area contributed by atoms with Crippen LogP contribution in [0.1, 0.15) is 13.8 Å². The second-order valence-corrected chi connectivity index (χ2v) is 13.5. The summed E-state index contributed by atoms with van der Waals surface area (Å²) < 4.78 is 45.5. The number of esters is 1. The Morgan fingerprint density at radius 1 is 0.732 bits per heavy atom. The number of aromatic hydroxyl groups is 3. The highest BCUT2D eigenvalue weighted by Gasteiger charge is 2.53. The van der Waals surface area contributed by atoms with Crippen LogP contribution in [0.3, 0.4) is 0 Å². The minimum Gasteiger partial charge on any atom is -0.508 e. The lowest BCUT2D eigenvalue weighted by atomic mass is 9.97. The predicted octanol–water partition coefficient (Wildman–Crippen LogP) is -3.00. The smallest absolute Gasteiger partial charge is 0.303 e. The van der Waals surface area contributed by atoms with E-state index in [0.717, 1.165) is 19.1 Å². The van der Waals surface area contributed by atoms with Gasteiger partial charge < -0.3 is 93.7 Å². The minimum absolute atomic E-state index is 0.107. The van der Waals surface area contributed by atoms with Gasteiger partial charge in [0.2, 0.25) is 17.5 Å². The monoisotopic (exact) mass is 798 g/mol. The molecule has 3 aliphatic rings. The molecule has 308 valence electrons. The number of rotatable bonds is 10. The summed E-state index contributed by atoms with van der Waals surface area (Å²) in [5, 5.41) is 115. The van der Waals surface area contributed by atoms with Crippen LogP contribution in [-0.4, -0.2) is 167 Å². The number of phenols is 3. The van der Waals surface area contributed by atoms with Gasteiger partial charge in [0.15, 0.2) is 30.5 Å². The first-order valence-electron chi connectivity index (χ1n) is 17.3.